The van der Waals surface area contributed by atoms with Crippen LogP contribution in [0.4, 0.5) is 0 Å². The van der Waals surface area contributed by atoms with Gasteiger partial charge in [0.2, 0.25) is 5.17 Å². The van der Waals surface area contributed by atoms with Crippen molar-refractivity contribution in [3.63, 3.8) is 0 Å². The maximum atomic E-state index is 12.9. The summed E-state index contributed by atoms with van der Waals surface area (Å²) in [5.41, 5.74) is 4.94. The van der Waals surface area contributed by atoms with Crippen LogP contribution in [0.2, 0.25) is 5.02 Å². The van der Waals surface area contributed by atoms with E-state index in [1.54, 1.807) is 18.2 Å². The third-order valence-corrected chi connectivity index (χ3v) is 7.43. The molecule has 0 aliphatic carbocycles. The van der Waals surface area contributed by atoms with Crippen LogP contribution in [0.1, 0.15) is 34.7 Å². The average Bonchev–Trinajstić information content (AvgIpc) is 3.34. The number of aliphatic imine (C=N–C) groups is 1. The number of amidine groups is 2. The number of carbonyl (C=O) groups is 1. The number of amides is 1. The number of ether oxygens (including phenoxy) is 3. The number of hydrogen-bond acceptors (Lipinski definition) is 7. The van der Waals surface area contributed by atoms with Crippen LogP contribution in [0.15, 0.2) is 70.3 Å². The Balaban J connectivity index is 1.33. The van der Waals surface area contributed by atoms with Gasteiger partial charge in [-0.3, -0.25) is 10.2 Å². The average molecular weight is 589 g/mol. The second-order valence-corrected chi connectivity index (χ2v) is 10.9. The minimum atomic E-state index is -0.521. The number of benzene rings is 3. The number of hydrogen-bond donors (Lipinski definition) is 1. The molecule has 41 heavy (non-hydrogen) atoms. The highest BCUT2D eigenvalue weighted by Crippen LogP contribution is 2.38. The summed E-state index contributed by atoms with van der Waals surface area (Å²) >= 11 is 7.87. The molecule has 2 aliphatic rings. The first-order valence-electron chi connectivity index (χ1n) is 13.1. The predicted molar refractivity (Wildman–Crippen MR) is 165 cm³/mol. The van der Waals surface area contributed by atoms with E-state index in [1.807, 2.05) is 64.1 Å². The molecule has 3 aromatic rings. The quantitative estimate of drug-likeness (QED) is 0.218. The number of carbonyl (C=O) groups excluding carboxylic acids is 1. The van der Waals surface area contributed by atoms with E-state index >= 15 is 0 Å². The Kier molecular flexibility index (Phi) is 8.46. The Hall–Kier alpha value is -4.08. The van der Waals surface area contributed by atoms with Crippen LogP contribution in [-0.2, 0) is 4.79 Å². The van der Waals surface area contributed by atoms with E-state index in [0.717, 1.165) is 28.0 Å². The summed E-state index contributed by atoms with van der Waals surface area (Å²) in [6.07, 6.45) is 1.57. The molecule has 0 saturated heterocycles. The molecular weight excluding hydrogens is 560 g/mol. The normalized spacial score (nSPS) is 15.5. The number of fused-ring (bicyclic) bond motifs is 1. The molecule has 1 N–H and O–H groups in total. The number of nitrogens with one attached hydrogen (secondary N) is 1. The molecule has 0 aromatic heterocycles. The third kappa shape index (κ3) is 6.47. The standard InChI is InChI=1S/C31H29ClN4O4S/c1-5-38-26-17-21(16-25(32)27(26)40-11-10-39-23-13-19(3)12-20(4)14-23)15-24-28(33)36-31(34-29(24)37)41-30(35-36)22-8-6-18(2)7-9-22/h6-9,12-17,33H,5,10-11H2,1-4H3/b24-15-,33-28?. The van der Waals surface area contributed by atoms with E-state index in [1.165, 1.54) is 16.8 Å². The molecule has 2 heterocycles. The van der Waals surface area contributed by atoms with Gasteiger partial charge in [0.05, 0.1) is 17.2 Å². The highest BCUT2D eigenvalue weighted by atomic mass is 35.5. The minimum absolute atomic E-state index is 0.0624. The fraction of sp³-hybridized carbons (Fsp3) is 0.226. The zero-order valence-electron chi connectivity index (χ0n) is 23.2. The minimum Gasteiger partial charge on any atom is -0.490 e. The number of thioether (sulfide) groups is 1. The van der Waals surface area contributed by atoms with Crippen molar-refractivity contribution in [2.24, 2.45) is 10.1 Å². The van der Waals surface area contributed by atoms with Gasteiger partial charge in [-0.05, 0) is 86.5 Å². The van der Waals surface area contributed by atoms with Crippen LogP contribution in [-0.4, -0.2) is 46.8 Å². The molecule has 0 bridgehead atoms. The first-order valence-corrected chi connectivity index (χ1v) is 14.3. The lowest BCUT2D eigenvalue weighted by molar-refractivity contribution is -0.114. The first kappa shape index (κ1) is 28.4. The van der Waals surface area contributed by atoms with Gasteiger partial charge in [0.25, 0.3) is 5.91 Å². The molecule has 2 aliphatic heterocycles. The van der Waals surface area contributed by atoms with Crippen LogP contribution >= 0.6 is 23.4 Å². The molecule has 0 radical (unpaired) electrons. The number of nitrogens with zero attached hydrogens (tertiary/aromatic N) is 3. The second-order valence-electron chi connectivity index (χ2n) is 9.57. The first-order chi connectivity index (χ1) is 19.7. The summed E-state index contributed by atoms with van der Waals surface area (Å²) in [6.45, 7) is 8.87. The van der Waals surface area contributed by atoms with Crippen molar-refractivity contribution in [3.8, 4) is 17.2 Å². The molecule has 1 amide bonds. The van der Waals surface area contributed by atoms with Gasteiger partial charge in [-0.15, -0.1) is 0 Å². The molecule has 3 aromatic carbocycles. The van der Waals surface area contributed by atoms with Crippen LogP contribution in [0.25, 0.3) is 6.08 Å². The van der Waals surface area contributed by atoms with Gasteiger partial charge >= 0.3 is 0 Å². The van der Waals surface area contributed by atoms with Gasteiger partial charge in [0.1, 0.15) is 24.0 Å². The smallest absolute Gasteiger partial charge is 0.283 e. The summed E-state index contributed by atoms with van der Waals surface area (Å²) in [7, 11) is 0. The molecule has 210 valence electrons. The Morgan fingerprint density at radius 3 is 2.37 bits per heavy atom. The van der Waals surface area contributed by atoms with Gasteiger partial charge in [-0.25, -0.2) is 0 Å². The van der Waals surface area contributed by atoms with Gasteiger partial charge in [0, 0.05) is 5.56 Å². The fourth-order valence-electron chi connectivity index (χ4n) is 4.37. The van der Waals surface area contributed by atoms with Crippen molar-refractivity contribution < 1.29 is 19.0 Å². The summed E-state index contributed by atoms with van der Waals surface area (Å²) in [5, 5.41) is 16.0. The molecule has 8 nitrogen and oxygen atoms in total. The van der Waals surface area contributed by atoms with Crippen molar-refractivity contribution in [1.82, 2.24) is 5.01 Å². The maximum absolute atomic E-state index is 12.9. The van der Waals surface area contributed by atoms with Gasteiger partial charge < -0.3 is 14.2 Å². The zero-order chi connectivity index (χ0) is 29.1. The largest absolute Gasteiger partial charge is 0.490 e. The van der Waals surface area contributed by atoms with Crippen LogP contribution in [0, 0.1) is 26.2 Å². The predicted octanol–water partition coefficient (Wildman–Crippen LogP) is 6.79. The number of hydrazone groups is 1. The van der Waals surface area contributed by atoms with E-state index in [2.05, 4.69) is 16.2 Å². The van der Waals surface area contributed by atoms with E-state index in [0.29, 0.717) is 45.5 Å². The van der Waals surface area contributed by atoms with Gasteiger partial charge in [-0.2, -0.15) is 15.1 Å². The number of halogens is 1. The molecule has 5 rings (SSSR count). The van der Waals surface area contributed by atoms with E-state index in [-0.39, 0.29) is 18.0 Å². The summed E-state index contributed by atoms with van der Waals surface area (Å²) in [6, 6.07) is 17.3. The summed E-state index contributed by atoms with van der Waals surface area (Å²) in [5.74, 6) is 1.00. The molecule has 0 atom stereocenters. The van der Waals surface area contributed by atoms with Crippen molar-refractivity contribution in [2.45, 2.75) is 27.7 Å². The van der Waals surface area contributed by atoms with Crippen LogP contribution in [0.5, 0.6) is 17.2 Å². The number of aryl methyl sites for hydroxylation is 3. The molecule has 0 fully saturated rings. The maximum Gasteiger partial charge on any atom is 0.283 e. The Morgan fingerprint density at radius 1 is 0.951 bits per heavy atom. The molecule has 0 saturated carbocycles. The molecule has 10 heteroatoms. The molecule has 0 unspecified atom stereocenters. The summed E-state index contributed by atoms with van der Waals surface area (Å²) < 4.78 is 17.6. The zero-order valence-corrected chi connectivity index (χ0v) is 24.7. The molecule has 0 spiro atoms. The highest BCUT2D eigenvalue weighted by molar-refractivity contribution is 8.27. The van der Waals surface area contributed by atoms with E-state index in [4.69, 9.17) is 31.2 Å². The van der Waals surface area contributed by atoms with Gasteiger partial charge in [0.15, 0.2) is 17.3 Å². The van der Waals surface area contributed by atoms with Gasteiger partial charge in [-0.1, -0.05) is 47.5 Å². The molecular formula is C31H29ClN4O4S. The lowest BCUT2D eigenvalue weighted by Crippen LogP contribution is -2.35. The lowest BCUT2D eigenvalue weighted by Gasteiger charge is -2.20. The Morgan fingerprint density at radius 2 is 1.66 bits per heavy atom. The SMILES string of the molecule is CCOc1cc(/C=C2/C(=N)N3N=C(c4ccc(C)cc4)SC3=NC2=O)cc(Cl)c1OCCOc1cc(C)cc(C)c1. The van der Waals surface area contributed by atoms with Crippen molar-refractivity contribution >= 4 is 51.4 Å². The third-order valence-electron chi connectivity index (χ3n) is 6.19. The lowest BCUT2D eigenvalue weighted by atomic mass is 10.1. The van der Waals surface area contributed by atoms with Crippen molar-refractivity contribution in [3.05, 3.63) is 93.0 Å². The van der Waals surface area contributed by atoms with Crippen molar-refractivity contribution in [2.75, 3.05) is 19.8 Å². The van der Waals surface area contributed by atoms with Crippen LogP contribution in [0.3, 0.4) is 0 Å². The fourth-order valence-corrected chi connectivity index (χ4v) is 5.54. The summed E-state index contributed by atoms with van der Waals surface area (Å²) in [4.78, 5) is 17.1. The highest BCUT2D eigenvalue weighted by Gasteiger charge is 2.36. The second kappa shape index (κ2) is 12.2. The Bertz CT molecular complexity index is 1590. The van der Waals surface area contributed by atoms with Crippen molar-refractivity contribution in [1.29, 1.82) is 5.41 Å². The van der Waals surface area contributed by atoms with E-state index in [9.17, 15) is 4.79 Å². The topological polar surface area (TPSA) is 96.6 Å². The Labute approximate surface area is 248 Å². The van der Waals surface area contributed by atoms with E-state index < -0.39 is 5.91 Å². The monoisotopic (exact) mass is 588 g/mol. The van der Waals surface area contributed by atoms with Crippen LogP contribution < -0.4 is 14.2 Å². The number of rotatable bonds is 9.